The van der Waals surface area contributed by atoms with Crippen molar-refractivity contribution in [3.8, 4) is 11.5 Å². The first-order valence-electron chi connectivity index (χ1n) is 6.07. The van der Waals surface area contributed by atoms with Crippen molar-refractivity contribution in [3.63, 3.8) is 0 Å². The minimum absolute atomic E-state index is 0.166. The molecule has 0 heterocycles. The lowest BCUT2D eigenvalue weighted by Gasteiger charge is -2.27. The Morgan fingerprint density at radius 1 is 1.30 bits per heavy atom. The predicted molar refractivity (Wildman–Crippen MR) is 73.0 cm³/mol. The Morgan fingerprint density at radius 2 is 1.90 bits per heavy atom. The number of phenols is 1. The number of carboxylic acid groups (broad SMARTS) is 1. The second kappa shape index (κ2) is 5.81. The van der Waals surface area contributed by atoms with Gasteiger partial charge in [-0.15, -0.1) is 0 Å². The standard InChI is InChI=1S/C14H19NO5/c1-14(2,3)11(13(18)19)15-12(17)8-5-6-10(20-4)9(16)7-8/h5-7,11,16H,1-4H3,(H,15,17)(H,18,19). The number of aromatic hydroxyl groups is 1. The van der Waals surface area contributed by atoms with Gasteiger partial charge in [0.15, 0.2) is 11.5 Å². The third-order valence-electron chi connectivity index (χ3n) is 2.83. The molecule has 0 saturated heterocycles. The summed E-state index contributed by atoms with van der Waals surface area (Å²) in [7, 11) is 1.40. The Bertz CT molecular complexity index is 519. The largest absolute Gasteiger partial charge is 0.504 e. The van der Waals surface area contributed by atoms with E-state index in [0.717, 1.165) is 0 Å². The molecule has 0 spiro atoms. The van der Waals surface area contributed by atoms with E-state index in [-0.39, 0.29) is 17.1 Å². The van der Waals surface area contributed by atoms with Crippen LogP contribution in [-0.2, 0) is 4.79 Å². The quantitative estimate of drug-likeness (QED) is 0.779. The van der Waals surface area contributed by atoms with Crippen LogP contribution in [0.1, 0.15) is 31.1 Å². The number of phenolic OH excluding ortho intramolecular Hbond substituents is 1. The van der Waals surface area contributed by atoms with E-state index in [1.165, 1.54) is 25.3 Å². The van der Waals surface area contributed by atoms with Crippen molar-refractivity contribution in [2.75, 3.05) is 7.11 Å². The van der Waals surface area contributed by atoms with Gasteiger partial charge in [0.25, 0.3) is 5.91 Å². The zero-order chi connectivity index (χ0) is 15.5. The van der Waals surface area contributed by atoms with Crippen LogP contribution in [0.15, 0.2) is 18.2 Å². The van der Waals surface area contributed by atoms with Crippen LogP contribution in [0, 0.1) is 5.41 Å². The van der Waals surface area contributed by atoms with Gasteiger partial charge in [0, 0.05) is 5.56 Å². The summed E-state index contributed by atoms with van der Waals surface area (Å²) in [6.07, 6.45) is 0. The SMILES string of the molecule is COc1ccc(C(=O)NC(C(=O)O)C(C)(C)C)cc1O. The van der Waals surface area contributed by atoms with Crippen molar-refractivity contribution in [3.05, 3.63) is 23.8 Å². The number of hydrogen-bond donors (Lipinski definition) is 3. The number of carbonyl (C=O) groups is 2. The lowest BCUT2D eigenvalue weighted by molar-refractivity contribution is -0.142. The number of amides is 1. The zero-order valence-corrected chi connectivity index (χ0v) is 11.9. The summed E-state index contributed by atoms with van der Waals surface area (Å²) >= 11 is 0. The van der Waals surface area contributed by atoms with Gasteiger partial charge < -0.3 is 20.3 Å². The summed E-state index contributed by atoms with van der Waals surface area (Å²) in [6.45, 7) is 5.16. The van der Waals surface area contributed by atoms with Crippen LogP contribution in [0.3, 0.4) is 0 Å². The molecule has 1 aromatic carbocycles. The van der Waals surface area contributed by atoms with E-state index in [1.54, 1.807) is 20.8 Å². The maximum Gasteiger partial charge on any atom is 0.326 e. The van der Waals surface area contributed by atoms with E-state index < -0.39 is 23.3 Å². The summed E-state index contributed by atoms with van der Waals surface area (Å²) in [4.78, 5) is 23.2. The number of aliphatic carboxylic acids is 1. The number of rotatable bonds is 4. The fourth-order valence-corrected chi connectivity index (χ4v) is 1.69. The van der Waals surface area contributed by atoms with Gasteiger partial charge in [0.2, 0.25) is 0 Å². The molecule has 0 radical (unpaired) electrons. The Morgan fingerprint density at radius 3 is 2.30 bits per heavy atom. The molecule has 0 aliphatic carbocycles. The molecule has 3 N–H and O–H groups in total. The number of ether oxygens (including phenoxy) is 1. The second-order valence-electron chi connectivity index (χ2n) is 5.50. The van der Waals surface area contributed by atoms with Crippen LogP contribution < -0.4 is 10.1 Å². The van der Waals surface area contributed by atoms with E-state index in [4.69, 9.17) is 9.84 Å². The predicted octanol–water partition coefficient (Wildman–Crippen LogP) is 1.63. The van der Waals surface area contributed by atoms with Crippen molar-refractivity contribution in [1.29, 1.82) is 0 Å². The summed E-state index contributed by atoms with van der Waals surface area (Å²) in [5, 5.41) is 21.2. The molecule has 110 valence electrons. The lowest BCUT2D eigenvalue weighted by Crippen LogP contribution is -2.49. The first-order chi connectivity index (χ1) is 9.16. The van der Waals surface area contributed by atoms with Crippen molar-refractivity contribution in [2.24, 2.45) is 5.41 Å². The van der Waals surface area contributed by atoms with E-state index in [1.807, 2.05) is 0 Å². The molecule has 6 nitrogen and oxygen atoms in total. The highest BCUT2D eigenvalue weighted by Crippen LogP contribution is 2.26. The first kappa shape index (κ1) is 15.8. The molecule has 0 aliphatic heterocycles. The average molecular weight is 281 g/mol. The molecule has 1 rings (SSSR count). The molecule has 1 atom stereocenters. The van der Waals surface area contributed by atoms with Gasteiger partial charge in [-0.05, 0) is 23.6 Å². The molecule has 0 bridgehead atoms. The third-order valence-corrected chi connectivity index (χ3v) is 2.83. The van der Waals surface area contributed by atoms with Gasteiger partial charge in [0.1, 0.15) is 6.04 Å². The van der Waals surface area contributed by atoms with Crippen LogP contribution in [0.5, 0.6) is 11.5 Å². The number of carboxylic acids is 1. The van der Waals surface area contributed by atoms with E-state index in [2.05, 4.69) is 5.32 Å². The maximum atomic E-state index is 12.0. The van der Waals surface area contributed by atoms with Crippen LogP contribution in [0.25, 0.3) is 0 Å². The summed E-state index contributed by atoms with van der Waals surface area (Å²) in [5.41, 5.74) is -0.463. The molecule has 6 heteroatoms. The van der Waals surface area contributed by atoms with Crippen molar-refractivity contribution in [1.82, 2.24) is 5.32 Å². The molecule has 1 aromatic rings. The van der Waals surface area contributed by atoms with E-state index in [0.29, 0.717) is 0 Å². The minimum Gasteiger partial charge on any atom is -0.504 e. The molecule has 0 aromatic heterocycles. The number of benzene rings is 1. The van der Waals surface area contributed by atoms with Gasteiger partial charge in [-0.1, -0.05) is 20.8 Å². The van der Waals surface area contributed by atoms with Crippen LogP contribution >= 0.6 is 0 Å². The minimum atomic E-state index is -1.11. The monoisotopic (exact) mass is 281 g/mol. The first-order valence-corrected chi connectivity index (χ1v) is 6.07. The van der Waals surface area contributed by atoms with Gasteiger partial charge >= 0.3 is 5.97 Å². The Labute approximate surface area is 117 Å². The lowest BCUT2D eigenvalue weighted by atomic mass is 9.86. The fourth-order valence-electron chi connectivity index (χ4n) is 1.69. The molecule has 20 heavy (non-hydrogen) atoms. The van der Waals surface area contributed by atoms with Crippen molar-refractivity contribution < 1.29 is 24.5 Å². The Hall–Kier alpha value is -2.24. The highest BCUT2D eigenvalue weighted by atomic mass is 16.5. The highest BCUT2D eigenvalue weighted by Gasteiger charge is 2.32. The molecular formula is C14H19NO5. The van der Waals surface area contributed by atoms with Crippen LogP contribution in [-0.4, -0.2) is 35.2 Å². The second-order valence-corrected chi connectivity index (χ2v) is 5.50. The van der Waals surface area contributed by atoms with Crippen LogP contribution in [0.2, 0.25) is 0 Å². The fraction of sp³-hybridized carbons (Fsp3) is 0.429. The van der Waals surface area contributed by atoms with E-state index in [9.17, 15) is 14.7 Å². The van der Waals surface area contributed by atoms with Gasteiger partial charge in [-0.25, -0.2) is 4.79 Å². The number of nitrogens with one attached hydrogen (secondary N) is 1. The van der Waals surface area contributed by atoms with Crippen molar-refractivity contribution >= 4 is 11.9 Å². The average Bonchev–Trinajstić information content (AvgIpc) is 2.33. The molecule has 0 saturated carbocycles. The molecular weight excluding hydrogens is 262 g/mol. The number of hydrogen-bond acceptors (Lipinski definition) is 4. The van der Waals surface area contributed by atoms with Gasteiger partial charge in [-0.2, -0.15) is 0 Å². The normalized spacial score (nSPS) is 12.6. The summed E-state index contributed by atoms with van der Waals surface area (Å²) in [5.74, 6) is -1.61. The Kier molecular flexibility index (Phi) is 4.60. The topological polar surface area (TPSA) is 95.9 Å². The molecule has 1 amide bonds. The van der Waals surface area contributed by atoms with Crippen LogP contribution in [0.4, 0.5) is 0 Å². The summed E-state index contributed by atoms with van der Waals surface area (Å²) < 4.78 is 4.88. The van der Waals surface area contributed by atoms with E-state index >= 15 is 0 Å². The third kappa shape index (κ3) is 3.63. The summed E-state index contributed by atoms with van der Waals surface area (Å²) in [6, 6.07) is 3.10. The molecule has 1 unspecified atom stereocenters. The highest BCUT2D eigenvalue weighted by molar-refractivity contribution is 5.97. The Balaban J connectivity index is 2.95. The maximum absolute atomic E-state index is 12.0. The zero-order valence-electron chi connectivity index (χ0n) is 11.9. The number of carbonyl (C=O) groups excluding carboxylic acids is 1. The smallest absolute Gasteiger partial charge is 0.326 e. The van der Waals surface area contributed by atoms with Gasteiger partial charge in [-0.3, -0.25) is 4.79 Å². The van der Waals surface area contributed by atoms with Crippen molar-refractivity contribution in [2.45, 2.75) is 26.8 Å². The molecule has 0 aliphatic rings. The number of methoxy groups -OCH3 is 1. The van der Waals surface area contributed by atoms with Gasteiger partial charge in [0.05, 0.1) is 7.11 Å². The molecule has 0 fully saturated rings.